The van der Waals surface area contributed by atoms with Gasteiger partial charge < -0.3 is 10.1 Å². The van der Waals surface area contributed by atoms with Gasteiger partial charge >= 0.3 is 6.09 Å². The maximum absolute atomic E-state index is 12.0. The summed E-state index contributed by atoms with van der Waals surface area (Å²) < 4.78 is 5.34. The van der Waals surface area contributed by atoms with E-state index in [1.165, 1.54) is 0 Å². The van der Waals surface area contributed by atoms with Gasteiger partial charge in [0.1, 0.15) is 12.6 Å². The molecule has 6 heteroatoms. The van der Waals surface area contributed by atoms with E-state index in [2.05, 4.69) is 22.8 Å². The van der Waals surface area contributed by atoms with Crippen LogP contribution in [0.2, 0.25) is 0 Å². The zero-order valence-electron chi connectivity index (χ0n) is 13.3. The van der Waals surface area contributed by atoms with Crippen LogP contribution in [-0.2, 0) is 14.3 Å². The summed E-state index contributed by atoms with van der Waals surface area (Å²) in [5.41, 5.74) is 4.52. The highest BCUT2D eigenvalue weighted by Crippen LogP contribution is 2.44. The Morgan fingerprint density at radius 2 is 1.64 bits per heavy atom. The van der Waals surface area contributed by atoms with Gasteiger partial charge in [-0.2, -0.15) is 0 Å². The fourth-order valence-corrected chi connectivity index (χ4v) is 3.45. The van der Waals surface area contributed by atoms with Gasteiger partial charge in [-0.3, -0.25) is 14.9 Å². The number of hydrogen-bond acceptors (Lipinski definition) is 4. The quantitative estimate of drug-likeness (QED) is 0.839. The van der Waals surface area contributed by atoms with Crippen LogP contribution in [0.15, 0.2) is 48.5 Å². The van der Waals surface area contributed by atoms with Crippen molar-refractivity contribution >= 4 is 17.9 Å². The van der Waals surface area contributed by atoms with Crippen molar-refractivity contribution in [2.24, 2.45) is 0 Å². The maximum atomic E-state index is 12.0. The number of imide groups is 1. The van der Waals surface area contributed by atoms with Gasteiger partial charge in [-0.25, -0.2) is 4.79 Å². The van der Waals surface area contributed by atoms with E-state index in [0.717, 1.165) is 22.3 Å². The molecular weight excluding hydrogens is 320 g/mol. The van der Waals surface area contributed by atoms with Crippen molar-refractivity contribution in [3.05, 3.63) is 59.7 Å². The van der Waals surface area contributed by atoms with Gasteiger partial charge in [-0.05, 0) is 22.3 Å². The SMILES string of the molecule is O=C1C[C@H](NC(=O)OCC2c3ccccc3-c3ccccc32)C(=O)N1. The summed E-state index contributed by atoms with van der Waals surface area (Å²) in [4.78, 5) is 34.7. The Morgan fingerprint density at radius 1 is 1.04 bits per heavy atom. The summed E-state index contributed by atoms with van der Waals surface area (Å²) in [5, 5.41) is 4.58. The second kappa shape index (κ2) is 6.05. The zero-order valence-corrected chi connectivity index (χ0v) is 13.3. The molecule has 1 aliphatic heterocycles. The van der Waals surface area contributed by atoms with E-state index in [9.17, 15) is 14.4 Å². The van der Waals surface area contributed by atoms with Crippen molar-refractivity contribution in [3.63, 3.8) is 0 Å². The van der Waals surface area contributed by atoms with Crippen LogP contribution in [0.1, 0.15) is 23.5 Å². The van der Waals surface area contributed by atoms with Crippen LogP contribution in [0.4, 0.5) is 4.79 Å². The van der Waals surface area contributed by atoms with Crippen molar-refractivity contribution in [2.45, 2.75) is 18.4 Å². The van der Waals surface area contributed by atoms with Crippen molar-refractivity contribution in [1.82, 2.24) is 10.6 Å². The molecule has 6 nitrogen and oxygen atoms in total. The van der Waals surface area contributed by atoms with Crippen LogP contribution < -0.4 is 10.6 Å². The lowest BCUT2D eigenvalue weighted by Gasteiger charge is -2.15. The van der Waals surface area contributed by atoms with Crippen LogP contribution in [0.25, 0.3) is 11.1 Å². The first-order valence-electron chi connectivity index (χ1n) is 8.08. The smallest absolute Gasteiger partial charge is 0.407 e. The number of hydrogen-bond donors (Lipinski definition) is 2. The molecule has 1 fully saturated rings. The average Bonchev–Trinajstić information content (AvgIpc) is 3.10. The third-order valence-corrected chi connectivity index (χ3v) is 4.60. The van der Waals surface area contributed by atoms with Gasteiger partial charge in [0.25, 0.3) is 0 Å². The summed E-state index contributed by atoms with van der Waals surface area (Å²) in [7, 11) is 0. The number of nitrogens with one attached hydrogen (secondary N) is 2. The van der Waals surface area contributed by atoms with E-state index in [1.54, 1.807) is 0 Å². The molecule has 2 aliphatic rings. The average molecular weight is 336 g/mol. The standard InChI is InChI=1S/C19H16N2O4/c22-17-9-16(18(23)21-17)20-19(24)25-10-15-13-7-3-1-5-11(13)12-6-2-4-8-14(12)15/h1-8,15-16H,9-10H2,(H,20,24)(H,21,22,23)/t16-/m0/s1. The Hall–Kier alpha value is -3.15. The number of benzene rings is 2. The predicted molar refractivity (Wildman–Crippen MR) is 89.8 cm³/mol. The molecule has 0 unspecified atom stereocenters. The molecule has 2 aromatic carbocycles. The Kier molecular flexibility index (Phi) is 3.72. The van der Waals surface area contributed by atoms with Crippen molar-refractivity contribution in [1.29, 1.82) is 0 Å². The molecule has 1 saturated heterocycles. The highest BCUT2D eigenvalue weighted by atomic mass is 16.5. The molecule has 4 rings (SSSR count). The Bertz CT molecular complexity index is 832. The molecule has 2 N–H and O–H groups in total. The number of amides is 3. The summed E-state index contributed by atoms with van der Waals surface area (Å²) in [6, 6.07) is 15.2. The Labute approximate surface area is 144 Å². The predicted octanol–water partition coefficient (Wildman–Crippen LogP) is 1.94. The maximum Gasteiger partial charge on any atom is 0.407 e. The first-order chi connectivity index (χ1) is 12.1. The van der Waals surface area contributed by atoms with Crippen LogP contribution in [0.3, 0.4) is 0 Å². The first-order valence-corrected chi connectivity index (χ1v) is 8.08. The topological polar surface area (TPSA) is 84.5 Å². The lowest BCUT2D eigenvalue weighted by atomic mass is 9.98. The molecule has 2 aromatic rings. The first kappa shape index (κ1) is 15.4. The number of carbonyl (C=O) groups is 3. The highest BCUT2D eigenvalue weighted by Gasteiger charge is 2.33. The van der Waals surface area contributed by atoms with E-state index >= 15 is 0 Å². The van der Waals surface area contributed by atoms with Crippen molar-refractivity contribution < 1.29 is 19.1 Å². The van der Waals surface area contributed by atoms with Gasteiger partial charge in [0, 0.05) is 5.92 Å². The van der Waals surface area contributed by atoms with E-state index in [-0.39, 0.29) is 18.9 Å². The largest absolute Gasteiger partial charge is 0.449 e. The minimum atomic E-state index is -0.858. The normalized spacial score (nSPS) is 18.5. The number of alkyl carbamates (subject to hydrolysis) is 1. The Balaban J connectivity index is 1.47. The zero-order chi connectivity index (χ0) is 17.4. The summed E-state index contributed by atoms with van der Waals surface area (Å²) in [6.07, 6.45) is -0.750. The summed E-state index contributed by atoms with van der Waals surface area (Å²) >= 11 is 0. The molecule has 126 valence electrons. The van der Waals surface area contributed by atoms with Crippen molar-refractivity contribution in [2.75, 3.05) is 6.61 Å². The van der Waals surface area contributed by atoms with Crippen LogP contribution >= 0.6 is 0 Å². The van der Waals surface area contributed by atoms with E-state index in [1.807, 2.05) is 36.4 Å². The molecule has 0 aromatic heterocycles. The minimum absolute atomic E-state index is 0.0443. The fourth-order valence-electron chi connectivity index (χ4n) is 3.45. The molecule has 1 aliphatic carbocycles. The number of carbonyl (C=O) groups excluding carboxylic acids is 3. The molecule has 3 amide bonds. The van der Waals surface area contributed by atoms with Gasteiger partial charge in [0.15, 0.2) is 0 Å². The molecule has 0 radical (unpaired) electrons. The van der Waals surface area contributed by atoms with Gasteiger partial charge in [0.2, 0.25) is 11.8 Å². The molecule has 1 atom stereocenters. The van der Waals surface area contributed by atoms with E-state index < -0.39 is 23.9 Å². The third-order valence-electron chi connectivity index (χ3n) is 4.60. The Morgan fingerprint density at radius 3 is 2.20 bits per heavy atom. The fraction of sp³-hybridized carbons (Fsp3) is 0.211. The second-order valence-corrected chi connectivity index (χ2v) is 6.14. The summed E-state index contributed by atoms with van der Waals surface area (Å²) in [5.74, 6) is -0.940. The molecule has 0 saturated carbocycles. The van der Waals surface area contributed by atoms with Gasteiger partial charge in [0.05, 0.1) is 6.42 Å². The number of ether oxygens (including phenoxy) is 1. The van der Waals surface area contributed by atoms with Gasteiger partial charge in [-0.15, -0.1) is 0 Å². The molecule has 0 bridgehead atoms. The molecular formula is C19H16N2O4. The molecule has 25 heavy (non-hydrogen) atoms. The van der Waals surface area contributed by atoms with Crippen LogP contribution in [0, 0.1) is 0 Å². The minimum Gasteiger partial charge on any atom is -0.449 e. The highest BCUT2D eigenvalue weighted by molar-refractivity contribution is 6.06. The monoisotopic (exact) mass is 336 g/mol. The van der Waals surface area contributed by atoms with E-state index in [4.69, 9.17) is 4.74 Å². The second-order valence-electron chi connectivity index (χ2n) is 6.14. The number of fused-ring (bicyclic) bond motifs is 3. The van der Waals surface area contributed by atoms with Crippen LogP contribution in [-0.4, -0.2) is 30.6 Å². The van der Waals surface area contributed by atoms with Crippen molar-refractivity contribution in [3.8, 4) is 11.1 Å². The van der Waals surface area contributed by atoms with Crippen LogP contribution in [0.5, 0.6) is 0 Å². The lowest BCUT2D eigenvalue weighted by molar-refractivity contribution is -0.125. The molecule has 1 heterocycles. The number of rotatable bonds is 3. The summed E-state index contributed by atoms with van der Waals surface area (Å²) in [6.45, 7) is 0.169. The third kappa shape index (κ3) is 2.76. The van der Waals surface area contributed by atoms with E-state index in [0.29, 0.717) is 0 Å². The molecule has 0 spiro atoms. The lowest BCUT2D eigenvalue weighted by Crippen LogP contribution is -2.40. The van der Waals surface area contributed by atoms with Gasteiger partial charge in [-0.1, -0.05) is 48.5 Å².